The van der Waals surface area contributed by atoms with Crippen LogP contribution in [0.5, 0.6) is 5.75 Å². The number of hydrogen-bond acceptors (Lipinski definition) is 8. The topological polar surface area (TPSA) is 97.8 Å². The van der Waals surface area contributed by atoms with Crippen molar-refractivity contribution >= 4 is 21.5 Å². The van der Waals surface area contributed by atoms with Gasteiger partial charge in [0.2, 0.25) is 9.84 Å². The summed E-state index contributed by atoms with van der Waals surface area (Å²) >= 11 is 0. The first-order chi connectivity index (χ1) is 16.9. The maximum atomic E-state index is 13.4. The van der Waals surface area contributed by atoms with E-state index in [1.165, 1.54) is 32.5 Å². The zero-order valence-corrected chi connectivity index (χ0v) is 20.7. The van der Waals surface area contributed by atoms with E-state index < -0.39 is 15.8 Å². The fraction of sp³-hybridized carbons (Fsp3) is 0.308. The first-order valence-electron chi connectivity index (χ1n) is 11.4. The Labute approximate surface area is 205 Å². The summed E-state index contributed by atoms with van der Waals surface area (Å²) in [6.45, 7) is 2.88. The summed E-state index contributed by atoms with van der Waals surface area (Å²) in [6, 6.07) is 15.1. The first kappa shape index (κ1) is 24.7. The van der Waals surface area contributed by atoms with Gasteiger partial charge in [-0.1, -0.05) is 18.2 Å². The Morgan fingerprint density at radius 1 is 1.00 bits per heavy atom. The van der Waals surface area contributed by atoms with E-state index in [4.69, 9.17) is 9.47 Å². The molecule has 0 atom stereocenters. The van der Waals surface area contributed by atoms with Crippen LogP contribution in [0, 0.1) is 0 Å². The molecule has 1 saturated heterocycles. The van der Waals surface area contributed by atoms with Crippen molar-refractivity contribution in [3.63, 3.8) is 0 Å². The van der Waals surface area contributed by atoms with E-state index in [2.05, 4.69) is 15.2 Å². The number of methoxy groups -OCH3 is 2. The maximum absolute atomic E-state index is 13.4. The summed E-state index contributed by atoms with van der Waals surface area (Å²) in [5, 5.41) is 3.28. The van der Waals surface area contributed by atoms with Crippen LogP contribution in [0.1, 0.15) is 34.3 Å². The highest BCUT2D eigenvalue weighted by Crippen LogP contribution is 2.28. The molecule has 9 heteroatoms. The highest BCUT2D eigenvalue weighted by molar-refractivity contribution is 7.91. The quantitative estimate of drug-likeness (QED) is 0.446. The van der Waals surface area contributed by atoms with Crippen molar-refractivity contribution in [3.8, 4) is 5.75 Å². The number of aromatic nitrogens is 1. The normalized spacial score (nSPS) is 14.0. The number of nitrogens with zero attached hydrogens (tertiary/aromatic N) is 2. The van der Waals surface area contributed by atoms with Gasteiger partial charge in [-0.2, -0.15) is 0 Å². The molecule has 1 aliphatic heterocycles. The number of anilines is 1. The Balaban J connectivity index is 1.65. The molecule has 4 rings (SSSR count). The average molecular weight is 496 g/mol. The van der Waals surface area contributed by atoms with Gasteiger partial charge in [0.15, 0.2) is 5.03 Å². The lowest BCUT2D eigenvalue weighted by Crippen LogP contribution is -2.21. The van der Waals surface area contributed by atoms with Crippen molar-refractivity contribution in [2.75, 3.05) is 32.6 Å². The summed E-state index contributed by atoms with van der Waals surface area (Å²) in [5.74, 6) is 0.116. The van der Waals surface area contributed by atoms with Gasteiger partial charge in [0.1, 0.15) is 5.75 Å². The van der Waals surface area contributed by atoms with Crippen LogP contribution in [0.25, 0.3) is 0 Å². The third kappa shape index (κ3) is 5.47. The van der Waals surface area contributed by atoms with Crippen LogP contribution in [0.2, 0.25) is 0 Å². The van der Waals surface area contributed by atoms with Gasteiger partial charge < -0.3 is 14.8 Å². The number of likely N-dealkylation sites (tertiary alicyclic amines) is 1. The SMILES string of the molecule is COC(=O)c1cccc(CN2CCCC2)c1NCc1cccnc1S(=O)(=O)c1ccc(OC)cc1. The molecule has 0 aliphatic carbocycles. The Hall–Kier alpha value is -3.43. The number of ether oxygens (including phenoxy) is 2. The van der Waals surface area contributed by atoms with Gasteiger partial charge in [-0.25, -0.2) is 18.2 Å². The number of pyridine rings is 1. The van der Waals surface area contributed by atoms with Crippen molar-refractivity contribution < 1.29 is 22.7 Å². The minimum absolute atomic E-state index is 0.0330. The highest BCUT2D eigenvalue weighted by Gasteiger charge is 2.24. The molecule has 35 heavy (non-hydrogen) atoms. The van der Waals surface area contributed by atoms with Crippen LogP contribution < -0.4 is 10.1 Å². The van der Waals surface area contributed by atoms with Crippen LogP contribution >= 0.6 is 0 Å². The minimum atomic E-state index is -3.87. The molecule has 0 saturated carbocycles. The van der Waals surface area contributed by atoms with E-state index in [1.807, 2.05) is 12.1 Å². The molecule has 1 aromatic heterocycles. The van der Waals surface area contributed by atoms with Crippen molar-refractivity contribution in [1.82, 2.24) is 9.88 Å². The second-order valence-electron chi connectivity index (χ2n) is 8.31. The third-order valence-corrected chi connectivity index (χ3v) is 7.85. The number of hydrogen-bond donors (Lipinski definition) is 1. The molecule has 1 fully saturated rings. The summed E-state index contributed by atoms with van der Waals surface area (Å²) in [6.07, 6.45) is 3.77. The summed E-state index contributed by atoms with van der Waals surface area (Å²) in [7, 11) is -0.994. The molecule has 0 unspecified atom stereocenters. The molecule has 0 spiro atoms. The monoisotopic (exact) mass is 495 g/mol. The number of carbonyl (C=O) groups is 1. The zero-order chi connectivity index (χ0) is 24.8. The Bertz CT molecular complexity index is 1290. The molecule has 2 aromatic carbocycles. The predicted octanol–water partition coefficient (Wildman–Crippen LogP) is 3.92. The van der Waals surface area contributed by atoms with E-state index in [0.29, 0.717) is 29.1 Å². The molecule has 184 valence electrons. The average Bonchev–Trinajstić information content (AvgIpc) is 3.40. The van der Waals surface area contributed by atoms with Crippen LogP contribution in [-0.4, -0.2) is 51.6 Å². The molecular formula is C26H29N3O5S. The summed E-state index contributed by atoms with van der Waals surface area (Å²) in [5.41, 5.74) is 2.50. The van der Waals surface area contributed by atoms with E-state index in [1.54, 1.807) is 30.3 Å². The molecular weight excluding hydrogens is 466 g/mol. The molecule has 0 radical (unpaired) electrons. The fourth-order valence-corrected chi connectivity index (χ4v) is 5.66. The van der Waals surface area contributed by atoms with Crippen molar-refractivity contribution in [1.29, 1.82) is 0 Å². The highest BCUT2D eigenvalue weighted by atomic mass is 32.2. The molecule has 2 heterocycles. The fourth-order valence-electron chi connectivity index (χ4n) is 4.25. The van der Waals surface area contributed by atoms with E-state index in [-0.39, 0.29) is 16.5 Å². The third-order valence-electron chi connectivity index (χ3n) is 6.08. The van der Waals surface area contributed by atoms with Gasteiger partial charge in [0.05, 0.1) is 30.4 Å². The van der Waals surface area contributed by atoms with Crippen molar-refractivity contribution in [3.05, 3.63) is 77.5 Å². The number of para-hydroxylation sites is 1. The lowest BCUT2D eigenvalue weighted by atomic mass is 10.1. The maximum Gasteiger partial charge on any atom is 0.339 e. The number of rotatable bonds is 9. The van der Waals surface area contributed by atoms with E-state index >= 15 is 0 Å². The van der Waals surface area contributed by atoms with Gasteiger partial charge in [-0.15, -0.1) is 0 Å². The van der Waals surface area contributed by atoms with E-state index in [9.17, 15) is 13.2 Å². The van der Waals surface area contributed by atoms with Gasteiger partial charge in [-0.05, 0) is 67.9 Å². The molecule has 1 N–H and O–H groups in total. The number of benzene rings is 2. The summed E-state index contributed by atoms with van der Waals surface area (Å²) in [4.78, 5) is 19.2. The molecule has 0 bridgehead atoms. The summed E-state index contributed by atoms with van der Waals surface area (Å²) < 4.78 is 36.9. The van der Waals surface area contributed by atoms with Crippen LogP contribution in [0.3, 0.4) is 0 Å². The second kappa shape index (κ2) is 10.9. The Kier molecular flexibility index (Phi) is 7.67. The van der Waals surface area contributed by atoms with Gasteiger partial charge in [-0.3, -0.25) is 4.90 Å². The number of carbonyl (C=O) groups excluding carboxylic acids is 1. The Morgan fingerprint density at radius 2 is 1.71 bits per heavy atom. The number of nitrogens with one attached hydrogen (secondary N) is 1. The minimum Gasteiger partial charge on any atom is -0.497 e. The molecule has 1 aliphatic rings. The number of sulfone groups is 1. The standard InChI is InChI=1S/C26H29N3O5S/c1-33-21-10-12-22(13-11-21)35(31,32)25-19(8-6-14-27-25)17-28-24-20(18-29-15-3-4-16-29)7-5-9-23(24)26(30)34-2/h5-14,28H,3-4,15-18H2,1-2H3. The lowest BCUT2D eigenvalue weighted by molar-refractivity contribution is 0.0601. The predicted molar refractivity (Wildman–Crippen MR) is 132 cm³/mol. The first-order valence-corrected chi connectivity index (χ1v) is 12.9. The molecule has 8 nitrogen and oxygen atoms in total. The second-order valence-corrected chi connectivity index (χ2v) is 10.2. The smallest absolute Gasteiger partial charge is 0.339 e. The van der Waals surface area contributed by atoms with Crippen molar-refractivity contribution in [2.24, 2.45) is 0 Å². The Morgan fingerprint density at radius 3 is 2.40 bits per heavy atom. The van der Waals surface area contributed by atoms with Crippen molar-refractivity contribution in [2.45, 2.75) is 35.9 Å². The molecule has 0 amide bonds. The molecule has 3 aromatic rings. The van der Waals surface area contributed by atoms with Gasteiger partial charge in [0, 0.05) is 24.8 Å². The largest absolute Gasteiger partial charge is 0.497 e. The van der Waals surface area contributed by atoms with Crippen LogP contribution in [0.15, 0.2) is 70.7 Å². The van der Waals surface area contributed by atoms with Gasteiger partial charge in [0.25, 0.3) is 0 Å². The zero-order valence-electron chi connectivity index (χ0n) is 19.9. The lowest BCUT2D eigenvalue weighted by Gasteiger charge is -2.20. The number of esters is 1. The van der Waals surface area contributed by atoms with Gasteiger partial charge >= 0.3 is 5.97 Å². The van der Waals surface area contributed by atoms with Crippen LogP contribution in [-0.2, 0) is 27.7 Å². The van der Waals surface area contributed by atoms with Crippen LogP contribution in [0.4, 0.5) is 5.69 Å². The van der Waals surface area contributed by atoms with E-state index in [0.717, 1.165) is 31.5 Å².